The first-order valence-corrected chi connectivity index (χ1v) is 6.05. The molecule has 0 aliphatic heterocycles. The third kappa shape index (κ3) is 4.94. The fourth-order valence-corrected chi connectivity index (χ4v) is 1.59. The Morgan fingerprint density at radius 2 is 2.07 bits per heavy atom. The number of hydrazone groups is 1. The summed E-state index contributed by atoms with van der Waals surface area (Å²) in [5.74, 6) is 6.54. The van der Waals surface area contributed by atoms with Crippen molar-refractivity contribution in [2.45, 2.75) is 0 Å². The van der Waals surface area contributed by atoms with Crippen molar-refractivity contribution < 1.29 is 4.74 Å². The molecular formula is C9H12BrN3OS. The maximum Gasteiger partial charge on any atom is 0.177 e. The molecule has 0 fully saturated rings. The van der Waals surface area contributed by atoms with Gasteiger partial charge in [0.15, 0.2) is 5.17 Å². The summed E-state index contributed by atoms with van der Waals surface area (Å²) in [5.41, 5.74) is 5.40. The first-order valence-electron chi connectivity index (χ1n) is 4.27. The van der Waals surface area contributed by atoms with Crippen LogP contribution in [0, 0.1) is 0 Å². The van der Waals surface area contributed by atoms with Gasteiger partial charge in [-0.1, -0.05) is 27.7 Å². The molecule has 1 aromatic carbocycles. The molecule has 0 saturated carbocycles. The second kappa shape index (κ2) is 6.58. The first-order chi connectivity index (χ1) is 7.22. The van der Waals surface area contributed by atoms with E-state index in [0.29, 0.717) is 11.8 Å². The molecule has 82 valence electrons. The minimum Gasteiger partial charge on any atom is -0.493 e. The molecule has 0 aromatic heterocycles. The zero-order valence-corrected chi connectivity index (χ0v) is 10.4. The first kappa shape index (κ1) is 12.2. The molecule has 4 nitrogen and oxygen atoms in total. The van der Waals surface area contributed by atoms with Gasteiger partial charge in [-0.2, -0.15) is 5.10 Å². The van der Waals surface area contributed by atoms with Crippen molar-refractivity contribution in [3.8, 4) is 5.75 Å². The summed E-state index contributed by atoms with van der Waals surface area (Å²) in [6.45, 7) is 0.572. The van der Waals surface area contributed by atoms with Crippen molar-refractivity contribution in [2.75, 3.05) is 12.4 Å². The van der Waals surface area contributed by atoms with Crippen LogP contribution in [0.3, 0.4) is 0 Å². The Hall–Kier alpha value is -0.880. The number of thioether (sulfide) groups is 1. The molecule has 0 bridgehead atoms. The molecule has 0 aliphatic carbocycles. The number of nitrogens with two attached hydrogens (primary N) is 2. The molecule has 0 saturated heterocycles. The Labute approximate surface area is 101 Å². The summed E-state index contributed by atoms with van der Waals surface area (Å²) in [6, 6.07) is 7.65. The van der Waals surface area contributed by atoms with Gasteiger partial charge >= 0.3 is 0 Å². The molecule has 4 N–H and O–H groups in total. The van der Waals surface area contributed by atoms with Crippen LogP contribution in [0.4, 0.5) is 0 Å². The topological polar surface area (TPSA) is 73.6 Å². The smallest absolute Gasteiger partial charge is 0.177 e. The molecule has 15 heavy (non-hydrogen) atoms. The van der Waals surface area contributed by atoms with Crippen LogP contribution in [0.1, 0.15) is 0 Å². The van der Waals surface area contributed by atoms with E-state index < -0.39 is 0 Å². The van der Waals surface area contributed by atoms with Gasteiger partial charge < -0.3 is 16.3 Å². The molecule has 0 unspecified atom stereocenters. The average Bonchev–Trinajstić information content (AvgIpc) is 2.26. The number of amidine groups is 1. The summed E-state index contributed by atoms with van der Waals surface area (Å²) >= 11 is 4.72. The van der Waals surface area contributed by atoms with Crippen LogP contribution >= 0.6 is 27.7 Å². The standard InChI is InChI=1S/C9H12BrN3OS/c10-7-1-3-8(4-2-7)14-5-6-15-9(11)13-12/h1-4H,5-6,12H2,(H2,11,13). The van der Waals surface area contributed by atoms with E-state index in [1.807, 2.05) is 24.3 Å². The van der Waals surface area contributed by atoms with E-state index in [1.165, 1.54) is 11.8 Å². The van der Waals surface area contributed by atoms with Crippen LogP contribution in [0.5, 0.6) is 5.75 Å². The molecule has 1 aromatic rings. The predicted octanol–water partition coefficient (Wildman–Crippen LogP) is 1.75. The third-order valence-corrected chi connectivity index (χ3v) is 2.84. The van der Waals surface area contributed by atoms with Gasteiger partial charge in [0.05, 0.1) is 6.61 Å². The molecule has 0 atom stereocenters. The van der Waals surface area contributed by atoms with Crippen molar-refractivity contribution in [3.63, 3.8) is 0 Å². The second-order valence-corrected chi connectivity index (χ2v) is 4.65. The maximum absolute atomic E-state index is 5.46. The highest BCUT2D eigenvalue weighted by Crippen LogP contribution is 2.16. The molecule has 1 rings (SSSR count). The highest BCUT2D eigenvalue weighted by molar-refractivity contribution is 9.10. The summed E-state index contributed by atoms with van der Waals surface area (Å²) < 4.78 is 6.49. The lowest BCUT2D eigenvalue weighted by Crippen LogP contribution is -2.12. The van der Waals surface area contributed by atoms with E-state index in [-0.39, 0.29) is 0 Å². The number of hydrogen-bond acceptors (Lipinski definition) is 4. The summed E-state index contributed by atoms with van der Waals surface area (Å²) in [7, 11) is 0. The van der Waals surface area contributed by atoms with Crippen LogP contribution in [-0.4, -0.2) is 17.5 Å². The molecule has 6 heteroatoms. The SMILES string of the molecule is NN=C(N)SCCOc1ccc(Br)cc1. The Morgan fingerprint density at radius 1 is 1.40 bits per heavy atom. The Balaban J connectivity index is 2.23. The van der Waals surface area contributed by atoms with Gasteiger partial charge in [-0.05, 0) is 24.3 Å². The van der Waals surface area contributed by atoms with Crippen molar-refractivity contribution in [1.82, 2.24) is 0 Å². The Kier molecular flexibility index (Phi) is 5.34. The highest BCUT2D eigenvalue weighted by atomic mass is 79.9. The van der Waals surface area contributed by atoms with E-state index >= 15 is 0 Å². The Bertz CT molecular complexity index is 329. The number of hydrogen-bond donors (Lipinski definition) is 2. The third-order valence-electron chi connectivity index (χ3n) is 1.54. The van der Waals surface area contributed by atoms with Crippen LogP contribution in [0.15, 0.2) is 33.8 Å². The van der Waals surface area contributed by atoms with Gasteiger partial charge in [-0.15, -0.1) is 0 Å². The fourth-order valence-electron chi connectivity index (χ4n) is 0.874. The highest BCUT2D eigenvalue weighted by Gasteiger charge is 1.95. The average molecular weight is 290 g/mol. The number of ether oxygens (including phenoxy) is 1. The van der Waals surface area contributed by atoms with Crippen molar-refractivity contribution in [1.29, 1.82) is 0 Å². The molecule has 0 radical (unpaired) electrons. The van der Waals surface area contributed by atoms with E-state index in [4.69, 9.17) is 16.3 Å². The van der Waals surface area contributed by atoms with Gasteiger partial charge in [-0.25, -0.2) is 0 Å². The van der Waals surface area contributed by atoms with Crippen molar-refractivity contribution >= 4 is 32.9 Å². The summed E-state index contributed by atoms with van der Waals surface area (Å²) in [6.07, 6.45) is 0. The molecular weight excluding hydrogens is 278 g/mol. The molecule has 0 aliphatic rings. The molecule has 0 spiro atoms. The van der Waals surface area contributed by atoms with E-state index in [9.17, 15) is 0 Å². The van der Waals surface area contributed by atoms with Crippen molar-refractivity contribution in [3.05, 3.63) is 28.7 Å². The van der Waals surface area contributed by atoms with Crippen LogP contribution in [0.25, 0.3) is 0 Å². The van der Waals surface area contributed by atoms with Gasteiger partial charge in [0.1, 0.15) is 5.75 Å². The molecule has 0 amide bonds. The quantitative estimate of drug-likeness (QED) is 0.291. The number of halogens is 1. The number of benzene rings is 1. The van der Waals surface area contributed by atoms with Gasteiger partial charge in [0.25, 0.3) is 0 Å². The monoisotopic (exact) mass is 289 g/mol. The normalized spacial score (nSPS) is 11.4. The van der Waals surface area contributed by atoms with Gasteiger partial charge in [0.2, 0.25) is 0 Å². The zero-order valence-electron chi connectivity index (χ0n) is 8.02. The zero-order chi connectivity index (χ0) is 11.1. The van der Waals surface area contributed by atoms with E-state index in [0.717, 1.165) is 16.0 Å². The minimum absolute atomic E-state index is 0.370. The maximum atomic E-state index is 5.46. The lowest BCUT2D eigenvalue weighted by Gasteiger charge is -2.05. The van der Waals surface area contributed by atoms with Gasteiger partial charge in [-0.3, -0.25) is 0 Å². The van der Waals surface area contributed by atoms with E-state index in [2.05, 4.69) is 21.0 Å². The lowest BCUT2D eigenvalue weighted by molar-refractivity contribution is 0.344. The van der Waals surface area contributed by atoms with Crippen LogP contribution in [-0.2, 0) is 0 Å². The Morgan fingerprint density at radius 3 is 2.67 bits per heavy atom. The van der Waals surface area contributed by atoms with Crippen LogP contribution in [0.2, 0.25) is 0 Å². The van der Waals surface area contributed by atoms with E-state index in [1.54, 1.807) is 0 Å². The number of nitrogens with zero attached hydrogens (tertiary/aromatic N) is 1. The lowest BCUT2D eigenvalue weighted by atomic mass is 10.3. The minimum atomic E-state index is 0.370. The molecule has 0 heterocycles. The fraction of sp³-hybridized carbons (Fsp3) is 0.222. The summed E-state index contributed by atoms with van der Waals surface area (Å²) in [4.78, 5) is 0. The summed E-state index contributed by atoms with van der Waals surface area (Å²) in [5, 5.41) is 3.71. The van der Waals surface area contributed by atoms with Gasteiger partial charge in [0, 0.05) is 10.2 Å². The number of rotatable bonds is 4. The largest absolute Gasteiger partial charge is 0.493 e. The van der Waals surface area contributed by atoms with Crippen molar-refractivity contribution in [2.24, 2.45) is 16.7 Å². The van der Waals surface area contributed by atoms with Crippen LogP contribution < -0.4 is 16.3 Å². The second-order valence-electron chi connectivity index (χ2n) is 2.62. The predicted molar refractivity (Wildman–Crippen MR) is 67.9 cm³/mol.